The molecule has 1 aliphatic rings. The standard InChI is InChI=1S/C20H26N2O3S2/c1-20(2,3)16-8-6-15(7-9-16)19(23)21-14-17-10-11-18(26-17)27(24,25)22-12-4-5-13-22/h6-11H,4-5,12-14H2,1-3H3,(H,21,23). The normalized spacial score (nSPS) is 15.8. The molecule has 0 radical (unpaired) electrons. The number of nitrogens with one attached hydrogen (secondary N) is 1. The van der Waals surface area contributed by atoms with Crippen molar-refractivity contribution in [2.45, 2.75) is 49.8 Å². The zero-order valence-electron chi connectivity index (χ0n) is 16.0. The van der Waals surface area contributed by atoms with Crippen LogP contribution in [0.1, 0.15) is 54.4 Å². The maximum Gasteiger partial charge on any atom is 0.252 e. The van der Waals surface area contributed by atoms with E-state index in [9.17, 15) is 13.2 Å². The van der Waals surface area contributed by atoms with Gasteiger partial charge in [-0.2, -0.15) is 4.31 Å². The quantitative estimate of drug-likeness (QED) is 0.822. The fourth-order valence-corrected chi connectivity index (χ4v) is 6.01. The molecule has 3 rings (SSSR count). The van der Waals surface area contributed by atoms with E-state index in [1.807, 2.05) is 24.3 Å². The first-order valence-electron chi connectivity index (χ1n) is 9.15. The number of carbonyl (C=O) groups is 1. The summed E-state index contributed by atoms with van der Waals surface area (Å²) in [7, 11) is -3.39. The lowest BCUT2D eigenvalue weighted by molar-refractivity contribution is 0.0951. The summed E-state index contributed by atoms with van der Waals surface area (Å²) in [6.45, 7) is 7.90. The smallest absolute Gasteiger partial charge is 0.252 e. The highest BCUT2D eigenvalue weighted by molar-refractivity contribution is 7.91. The molecule has 2 heterocycles. The highest BCUT2D eigenvalue weighted by atomic mass is 32.2. The second-order valence-corrected chi connectivity index (χ2v) is 11.2. The van der Waals surface area contributed by atoms with Gasteiger partial charge < -0.3 is 5.32 Å². The van der Waals surface area contributed by atoms with Crippen LogP contribution in [0.4, 0.5) is 0 Å². The Bertz CT molecular complexity index is 903. The number of rotatable bonds is 5. The molecule has 0 spiro atoms. The predicted octanol–water partition coefficient (Wildman–Crippen LogP) is 3.76. The first-order valence-corrected chi connectivity index (χ1v) is 11.4. The molecule has 5 nitrogen and oxygen atoms in total. The summed E-state index contributed by atoms with van der Waals surface area (Å²) in [6, 6.07) is 11.0. The molecule has 146 valence electrons. The van der Waals surface area contributed by atoms with E-state index >= 15 is 0 Å². The Kier molecular flexibility index (Phi) is 5.74. The van der Waals surface area contributed by atoms with Crippen LogP contribution < -0.4 is 5.32 Å². The van der Waals surface area contributed by atoms with Gasteiger partial charge in [-0.3, -0.25) is 4.79 Å². The number of benzene rings is 1. The van der Waals surface area contributed by atoms with Crippen molar-refractivity contribution in [1.29, 1.82) is 0 Å². The Hall–Kier alpha value is -1.70. The third kappa shape index (κ3) is 4.59. The molecule has 27 heavy (non-hydrogen) atoms. The van der Waals surface area contributed by atoms with Crippen LogP contribution in [0.5, 0.6) is 0 Å². The molecule has 1 N–H and O–H groups in total. The van der Waals surface area contributed by atoms with Crippen LogP contribution in [0.3, 0.4) is 0 Å². The first-order chi connectivity index (χ1) is 12.7. The van der Waals surface area contributed by atoms with Gasteiger partial charge in [0.25, 0.3) is 15.9 Å². The van der Waals surface area contributed by atoms with Crippen LogP contribution >= 0.6 is 11.3 Å². The molecule has 2 aromatic rings. The van der Waals surface area contributed by atoms with Gasteiger partial charge in [0.1, 0.15) is 4.21 Å². The summed E-state index contributed by atoms with van der Waals surface area (Å²) in [4.78, 5) is 13.2. The second kappa shape index (κ2) is 7.73. The van der Waals surface area contributed by atoms with Crippen LogP contribution in [0.2, 0.25) is 0 Å². The lowest BCUT2D eigenvalue weighted by Crippen LogP contribution is -2.27. The number of amides is 1. The molecular formula is C20H26N2O3S2. The highest BCUT2D eigenvalue weighted by Gasteiger charge is 2.28. The summed E-state index contributed by atoms with van der Waals surface area (Å²) in [6.07, 6.45) is 1.84. The lowest BCUT2D eigenvalue weighted by atomic mass is 9.87. The minimum absolute atomic E-state index is 0.0448. The molecule has 0 unspecified atom stereocenters. The Morgan fingerprint density at radius 1 is 1.07 bits per heavy atom. The van der Waals surface area contributed by atoms with E-state index in [4.69, 9.17) is 0 Å². The molecule has 0 atom stereocenters. The van der Waals surface area contributed by atoms with Crippen LogP contribution in [0.15, 0.2) is 40.6 Å². The third-order valence-electron chi connectivity index (χ3n) is 4.73. The van der Waals surface area contributed by atoms with E-state index in [1.165, 1.54) is 21.2 Å². The van der Waals surface area contributed by atoms with Crippen molar-refractivity contribution >= 4 is 27.3 Å². The van der Waals surface area contributed by atoms with Crippen molar-refractivity contribution in [2.75, 3.05) is 13.1 Å². The van der Waals surface area contributed by atoms with Crippen molar-refractivity contribution in [1.82, 2.24) is 9.62 Å². The van der Waals surface area contributed by atoms with Crippen LogP contribution in [-0.2, 0) is 22.0 Å². The average molecular weight is 407 g/mol. The maximum absolute atomic E-state index is 12.6. The molecule has 1 aromatic carbocycles. The van der Waals surface area contributed by atoms with Gasteiger partial charge in [0, 0.05) is 23.5 Å². The van der Waals surface area contributed by atoms with Crippen molar-refractivity contribution in [3.05, 3.63) is 52.4 Å². The summed E-state index contributed by atoms with van der Waals surface area (Å²) in [5.41, 5.74) is 1.82. The van der Waals surface area contributed by atoms with Gasteiger partial charge in [0.2, 0.25) is 0 Å². The molecule has 1 aliphatic heterocycles. The monoisotopic (exact) mass is 406 g/mol. The van der Waals surface area contributed by atoms with Gasteiger partial charge >= 0.3 is 0 Å². The molecule has 1 amide bonds. The van der Waals surface area contributed by atoms with Gasteiger partial charge in [-0.25, -0.2) is 8.42 Å². The van der Waals surface area contributed by atoms with Crippen LogP contribution in [0, 0.1) is 0 Å². The summed E-state index contributed by atoms with van der Waals surface area (Å²) in [5, 5.41) is 2.87. The number of sulfonamides is 1. The number of hydrogen-bond donors (Lipinski definition) is 1. The maximum atomic E-state index is 12.6. The van der Waals surface area contributed by atoms with E-state index in [-0.39, 0.29) is 11.3 Å². The summed E-state index contributed by atoms with van der Waals surface area (Å²) in [5.74, 6) is -0.159. The first kappa shape index (κ1) is 20.0. The average Bonchev–Trinajstić information content (AvgIpc) is 3.31. The molecule has 0 bridgehead atoms. The van der Waals surface area contributed by atoms with Gasteiger partial charge in [-0.1, -0.05) is 32.9 Å². The highest BCUT2D eigenvalue weighted by Crippen LogP contribution is 2.27. The molecular weight excluding hydrogens is 380 g/mol. The topological polar surface area (TPSA) is 66.5 Å². The van der Waals surface area contributed by atoms with Gasteiger partial charge in [-0.05, 0) is 48.1 Å². The van der Waals surface area contributed by atoms with Crippen molar-refractivity contribution in [3.63, 3.8) is 0 Å². The number of hydrogen-bond acceptors (Lipinski definition) is 4. The van der Waals surface area contributed by atoms with Gasteiger partial charge in [0.05, 0.1) is 6.54 Å². The zero-order chi connectivity index (χ0) is 19.7. The number of carbonyl (C=O) groups excluding carboxylic acids is 1. The van der Waals surface area contributed by atoms with E-state index in [0.717, 1.165) is 17.7 Å². The number of thiophene rings is 1. The molecule has 0 saturated carbocycles. The SMILES string of the molecule is CC(C)(C)c1ccc(C(=O)NCc2ccc(S(=O)(=O)N3CCCC3)s2)cc1. The minimum atomic E-state index is -3.39. The predicted molar refractivity (Wildman–Crippen MR) is 109 cm³/mol. The Balaban J connectivity index is 1.62. The Morgan fingerprint density at radius 2 is 1.70 bits per heavy atom. The van der Waals surface area contributed by atoms with E-state index < -0.39 is 10.0 Å². The molecule has 1 fully saturated rings. The van der Waals surface area contributed by atoms with Crippen LogP contribution in [0.25, 0.3) is 0 Å². The van der Waals surface area contributed by atoms with Gasteiger partial charge in [-0.15, -0.1) is 11.3 Å². The largest absolute Gasteiger partial charge is 0.347 e. The van der Waals surface area contributed by atoms with E-state index in [2.05, 4.69) is 26.1 Å². The third-order valence-corrected chi connectivity index (χ3v) is 8.18. The number of nitrogens with zero attached hydrogens (tertiary/aromatic N) is 1. The zero-order valence-corrected chi connectivity index (χ0v) is 17.6. The lowest BCUT2D eigenvalue weighted by Gasteiger charge is -2.19. The summed E-state index contributed by atoms with van der Waals surface area (Å²) >= 11 is 1.23. The fourth-order valence-electron chi connectivity index (χ4n) is 3.04. The van der Waals surface area contributed by atoms with Crippen molar-refractivity contribution in [3.8, 4) is 0 Å². The molecule has 1 saturated heterocycles. The van der Waals surface area contributed by atoms with Crippen molar-refractivity contribution < 1.29 is 13.2 Å². The van der Waals surface area contributed by atoms with Crippen molar-refractivity contribution in [2.24, 2.45) is 0 Å². The molecule has 1 aromatic heterocycles. The van der Waals surface area contributed by atoms with E-state index in [0.29, 0.717) is 29.4 Å². The Morgan fingerprint density at radius 3 is 2.30 bits per heavy atom. The fraction of sp³-hybridized carbons (Fsp3) is 0.450. The summed E-state index contributed by atoms with van der Waals surface area (Å²) < 4.78 is 27.0. The van der Waals surface area contributed by atoms with Gasteiger partial charge in [0.15, 0.2) is 0 Å². The van der Waals surface area contributed by atoms with E-state index in [1.54, 1.807) is 12.1 Å². The van der Waals surface area contributed by atoms with Crippen LogP contribution in [-0.4, -0.2) is 31.7 Å². The molecule has 0 aliphatic carbocycles. The molecule has 7 heteroatoms. The second-order valence-electron chi connectivity index (χ2n) is 7.84. The minimum Gasteiger partial charge on any atom is -0.347 e. The Labute approximate surface area is 165 Å².